The molecule has 1 rings (SSSR count). The van der Waals surface area contributed by atoms with Gasteiger partial charge < -0.3 is 9.79 Å². The van der Waals surface area contributed by atoms with E-state index >= 15 is 0 Å². The van der Waals surface area contributed by atoms with E-state index in [4.69, 9.17) is 0 Å². The number of rotatable bonds is 6. The molecular formula is C9H16O6P2. The molecule has 1 saturated carbocycles. The first kappa shape index (κ1) is 15.1. The molecular weight excluding hydrogens is 266 g/mol. The van der Waals surface area contributed by atoms with Crippen LogP contribution >= 0.6 is 16.5 Å². The number of hydrogen-bond acceptors (Lipinski definition) is 6. The summed E-state index contributed by atoms with van der Waals surface area (Å²) in [5.74, 6) is 0.271. The Kier molecular flexibility index (Phi) is 7.28. The van der Waals surface area contributed by atoms with E-state index in [2.05, 4.69) is 9.05 Å². The van der Waals surface area contributed by atoms with Gasteiger partial charge in [0.05, 0.1) is 0 Å². The maximum absolute atomic E-state index is 10.4. The molecule has 0 N–H and O–H groups in total. The Morgan fingerprint density at radius 3 is 1.88 bits per heavy atom. The summed E-state index contributed by atoms with van der Waals surface area (Å²) >= 11 is 0. The van der Waals surface area contributed by atoms with Crippen molar-refractivity contribution in [1.82, 2.24) is 0 Å². The molecule has 0 aromatic carbocycles. The van der Waals surface area contributed by atoms with Gasteiger partial charge in [0.2, 0.25) is 0 Å². The molecule has 0 aromatic heterocycles. The second kappa shape index (κ2) is 8.20. The van der Waals surface area contributed by atoms with Gasteiger partial charge >= 0.3 is 16.5 Å². The van der Waals surface area contributed by atoms with Crippen LogP contribution in [-0.2, 0) is 18.2 Å². The first-order valence-corrected chi connectivity index (χ1v) is 7.89. The summed E-state index contributed by atoms with van der Waals surface area (Å²) in [6, 6.07) is 0. The molecule has 0 aliphatic heterocycles. The van der Waals surface area contributed by atoms with Crippen molar-refractivity contribution in [1.29, 1.82) is 0 Å². The lowest BCUT2D eigenvalue weighted by molar-refractivity contribution is -0.216. The minimum Gasteiger partial charge on any atom is -0.566 e. The minimum absolute atomic E-state index is 0.271. The Morgan fingerprint density at radius 1 is 1.00 bits per heavy atom. The molecule has 0 saturated heterocycles. The summed E-state index contributed by atoms with van der Waals surface area (Å²) < 4.78 is 29.8. The van der Waals surface area contributed by atoms with E-state index in [1.165, 1.54) is 12.8 Å². The monoisotopic (exact) mass is 282 g/mol. The quantitative estimate of drug-likeness (QED) is 0.418. The van der Waals surface area contributed by atoms with Gasteiger partial charge in [0.15, 0.2) is 0 Å². The molecule has 98 valence electrons. The number of hydrogen-bond donors (Lipinski definition) is 0. The van der Waals surface area contributed by atoms with Gasteiger partial charge in [0.25, 0.3) is 6.29 Å². The van der Waals surface area contributed by atoms with Crippen molar-refractivity contribution in [3.05, 3.63) is 0 Å². The van der Waals surface area contributed by atoms with Crippen molar-refractivity contribution < 1.29 is 28.0 Å². The van der Waals surface area contributed by atoms with E-state index in [0.717, 1.165) is 25.7 Å². The average molecular weight is 282 g/mol. The molecule has 8 heteroatoms. The van der Waals surface area contributed by atoms with Crippen LogP contribution in [0.4, 0.5) is 0 Å². The highest BCUT2D eigenvalue weighted by atomic mass is 31.1. The van der Waals surface area contributed by atoms with Gasteiger partial charge in [-0.2, -0.15) is 0 Å². The topological polar surface area (TPSA) is 98.7 Å². The minimum atomic E-state index is -3.10. The summed E-state index contributed by atoms with van der Waals surface area (Å²) in [5, 5.41) is 0. The lowest BCUT2D eigenvalue weighted by Gasteiger charge is -2.15. The summed E-state index contributed by atoms with van der Waals surface area (Å²) in [6.07, 6.45) is 5.58. The standard InChI is InChI=1S/C9H16O6P2/c10-16(11)14-9(15-17(12)13)7-8-5-3-1-2-4-6-8/h8-9H,1-7H2. The second-order valence-electron chi connectivity index (χ2n) is 4.18. The van der Waals surface area contributed by atoms with Crippen LogP contribution in [0.3, 0.4) is 0 Å². The van der Waals surface area contributed by atoms with Crippen LogP contribution in [0.15, 0.2) is 0 Å². The lowest BCUT2D eigenvalue weighted by Crippen LogP contribution is -2.19. The third-order valence-electron chi connectivity index (χ3n) is 2.91. The Bertz CT molecular complexity index is 248. The van der Waals surface area contributed by atoms with E-state index in [1.54, 1.807) is 0 Å². The van der Waals surface area contributed by atoms with Crippen LogP contribution in [0.5, 0.6) is 0 Å². The SMILES string of the molecule is O=[P+]([O-])OC(CC1CCCCCC1)O[P+](=O)[O-]. The van der Waals surface area contributed by atoms with Crippen molar-refractivity contribution in [2.45, 2.75) is 51.2 Å². The van der Waals surface area contributed by atoms with Crippen LogP contribution in [0.1, 0.15) is 44.9 Å². The van der Waals surface area contributed by atoms with Crippen molar-refractivity contribution in [3.8, 4) is 0 Å². The molecule has 0 radical (unpaired) electrons. The molecule has 6 nitrogen and oxygen atoms in total. The highest BCUT2D eigenvalue weighted by molar-refractivity contribution is 7.31. The van der Waals surface area contributed by atoms with E-state index in [1.807, 2.05) is 0 Å². The molecule has 2 unspecified atom stereocenters. The Hall–Kier alpha value is 0.0400. The van der Waals surface area contributed by atoms with Crippen molar-refractivity contribution >= 4 is 16.5 Å². The highest BCUT2D eigenvalue weighted by Crippen LogP contribution is 2.32. The smallest absolute Gasteiger partial charge is 0.491 e. The zero-order valence-electron chi connectivity index (χ0n) is 9.45. The fourth-order valence-electron chi connectivity index (χ4n) is 2.17. The molecule has 0 amide bonds. The third kappa shape index (κ3) is 7.14. The van der Waals surface area contributed by atoms with Crippen LogP contribution in [0, 0.1) is 5.92 Å². The second-order valence-corrected chi connectivity index (χ2v) is 5.50. The van der Waals surface area contributed by atoms with Crippen molar-refractivity contribution in [2.75, 3.05) is 0 Å². The van der Waals surface area contributed by atoms with Crippen molar-refractivity contribution in [2.24, 2.45) is 5.92 Å². The van der Waals surface area contributed by atoms with Gasteiger partial charge in [0.1, 0.15) is 0 Å². The fourth-order valence-corrected chi connectivity index (χ4v) is 2.88. The van der Waals surface area contributed by atoms with E-state index in [9.17, 15) is 18.9 Å². The molecule has 0 aromatic rings. The summed E-state index contributed by atoms with van der Waals surface area (Å²) in [4.78, 5) is 20.9. The molecule has 0 bridgehead atoms. The average Bonchev–Trinajstić information content (AvgIpc) is 2.44. The molecule has 2 atom stereocenters. The summed E-state index contributed by atoms with van der Waals surface area (Å²) in [5.41, 5.74) is 0. The van der Waals surface area contributed by atoms with Crippen LogP contribution in [0.2, 0.25) is 0 Å². The zero-order chi connectivity index (χ0) is 12.7. The van der Waals surface area contributed by atoms with E-state index in [-0.39, 0.29) is 5.92 Å². The molecule has 1 fully saturated rings. The lowest BCUT2D eigenvalue weighted by atomic mass is 9.96. The summed E-state index contributed by atoms with van der Waals surface area (Å²) in [7, 11) is -6.19. The van der Waals surface area contributed by atoms with Gasteiger partial charge in [-0.1, -0.05) is 38.5 Å². The normalized spacial score (nSPS) is 21.8. The van der Waals surface area contributed by atoms with Gasteiger partial charge in [-0.05, 0) is 15.0 Å². The maximum Gasteiger partial charge on any atom is 0.491 e. The third-order valence-corrected chi connectivity index (χ3v) is 3.72. The predicted octanol–water partition coefficient (Wildman–Crippen LogP) is 1.74. The fraction of sp³-hybridized carbons (Fsp3) is 1.00. The zero-order valence-corrected chi connectivity index (χ0v) is 11.2. The van der Waals surface area contributed by atoms with E-state index in [0.29, 0.717) is 6.42 Å². The first-order chi connectivity index (χ1) is 8.08. The molecule has 1 aliphatic carbocycles. The maximum atomic E-state index is 10.4. The molecule has 0 spiro atoms. The van der Waals surface area contributed by atoms with E-state index < -0.39 is 22.8 Å². The van der Waals surface area contributed by atoms with Gasteiger partial charge in [0, 0.05) is 6.42 Å². The molecule has 0 heterocycles. The van der Waals surface area contributed by atoms with Crippen LogP contribution in [-0.4, -0.2) is 6.29 Å². The first-order valence-electron chi connectivity index (χ1n) is 5.70. The molecule has 17 heavy (non-hydrogen) atoms. The van der Waals surface area contributed by atoms with Crippen molar-refractivity contribution in [3.63, 3.8) is 0 Å². The molecule has 1 aliphatic rings. The Morgan fingerprint density at radius 2 is 1.47 bits per heavy atom. The highest BCUT2D eigenvalue weighted by Gasteiger charge is 2.28. The Labute approximate surface area is 102 Å². The van der Waals surface area contributed by atoms with Crippen LogP contribution < -0.4 is 9.79 Å². The van der Waals surface area contributed by atoms with Gasteiger partial charge in [-0.15, -0.1) is 9.05 Å². The predicted molar refractivity (Wildman–Crippen MR) is 57.0 cm³/mol. The van der Waals surface area contributed by atoms with Gasteiger partial charge in [-0.25, -0.2) is 0 Å². The van der Waals surface area contributed by atoms with Gasteiger partial charge in [-0.3, -0.25) is 0 Å². The summed E-state index contributed by atoms with van der Waals surface area (Å²) in [6.45, 7) is 0. The van der Waals surface area contributed by atoms with Crippen LogP contribution in [0.25, 0.3) is 0 Å². The largest absolute Gasteiger partial charge is 0.566 e. The Balaban J connectivity index is 2.44.